The topological polar surface area (TPSA) is 82.2 Å². The van der Waals surface area contributed by atoms with Gasteiger partial charge in [0.15, 0.2) is 0 Å². The molecule has 0 saturated carbocycles. The fraction of sp³-hybridized carbons (Fsp3) is 0.333. The van der Waals surface area contributed by atoms with Gasteiger partial charge in [-0.2, -0.15) is 0 Å². The smallest absolute Gasteiger partial charge is 0.338 e. The zero-order chi connectivity index (χ0) is 10.1. The molecule has 0 spiro atoms. The van der Waals surface area contributed by atoms with E-state index >= 15 is 0 Å². The standard InChI is InChI=1S/C9H10N2O3/c12-8-7-5(9(13)14)4-11-6(7)2-1-3-10-8/h4,11H,1-3H2,(H,10,12)(H,13,14). The molecule has 1 amide bonds. The minimum atomic E-state index is -1.07. The lowest BCUT2D eigenvalue weighted by molar-refractivity contribution is 0.0691. The number of fused-ring (bicyclic) bond motifs is 1. The Balaban J connectivity index is 2.52. The number of hydrogen-bond acceptors (Lipinski definition) is 2. The molecule has 74 valence electrons. The van der Waals surface area contributed by atoms with Crippen molar-refractivity contribution >= 4 is 11.9 Å². The number of nitrogens with one attached hydrogen (secondary N) is 2. The molecule has 0 radical (unpaired) electrons. The van der Waals surface area contributed by atoms with Crippen LogP contribution in [-0.2, 0) is 6.42 Å². The molecule has 1 aromatic heterocycles. The Morgan fingerprint density at radius 3 is 3.00 bits per heavy atom. The molecular formula is C9H10N2O3. The monoisotopic (exact) mass is 194 g/mol. The number of rotatable bonds is 1. The number of aromatic nitrogens is 1. The molecule has 0 unspecified atom stereocenters. The van der Waals surface area contributed by atoms with Crippen molar-refractivity contribution in [3.63, 3.8) is 0 Å². The lowest BCUT2D eigenvalue weighted by Gasteiger charge is -1.99. The van der Waals surface area contributed by atoms with E-state index in [1.807, 2.05) is 0 Å². The van der Waals surface area contributed by atoms with Crippen molar-refractivity contribution in [3.05, 3.63) is 23.0 Å². The molecule has 2 rings (SSSR count). The molecule has 1 aliphatic rings. The van der Waals surface area contributed by atoms with E-state index < -0.39 is 5.97 Å². The van der Waals surface area contributed by atoms with Crippen molar-refractivity contribution in [3.8, 4) is 0 Å². The highest BCUT2D eigenvalue weighted by Crippen LogP contribution is 2.17. The van der Waals surface area contributed by atoms with Crippen LogP contribution >= 0.6 is 0 Å². The maximum absolute atomic E-state index is 11.5. The van der Waals surface area contributed by atoms with E-state index in [2.05, 4.69) is 10.3 Å². The average Bonchev–Trinajstić information content (AvgIpc) is 2.48. The Morgan fingerprint density at radius 2 is 2.29 bits per heavy atom. The first-order valence-electron chi connectivity index (χ1n) is 4.42. The number of aromatic carboxylic acids is 1. The number of carboxylic acids is 1. The van der Waals surface area contributed by atoms with E-state index in [9.17, 15) is 9.59 Å². The summed E-state index contributed by atoms with van der Waals surface area (Å²) in [6.45, 7) is 0.598. The molecule has 14 heavy (non-hydrogen) atoms. The van der Waals surface area contributed by atoms with Crippen LogP contribution in [0.3, 0.4) is 0 Å². The van der Waals surface area contributed by atoms with Crippen LogP contribution in [0.2, 0.25) is 0 Å². The van der Waals surface area contributed by atoms with Crippen LogP contribution in [0, 0.1) is 0 Å². The second kappa shape index (κ2) is 3.17. The fourth-order valence-corrected chi connectivity index (χ4v) is 1.65. The molecule has 0 bridgehead atoms. The van der Waals surface area contributed by atoms with Gasteiger partial charge in [0.25, 0.3) is 5.91 Å². The summed E-state index contributed by atoms with van der Waals surface area (Å²) in [5.41, 5.74) is 1.06. The lowest BCUT2D eigenvalue weighted by atomic mass is 10.1. The van der Waals surface area contributed by atoms with Gasteiger partial charge in [-0.05, 0) is 12.8 Å². The Bertz CT molecular complexity index is 395. The molecule has 0 aromatic carbocycles. The van der Waals surface area contributed by atoms with Crippen LogP contribution in [0.1, 0.15) is 32.8 Å². The van der Waals surface area contributed by atoms with Crippen LogP contribution in [0.5, 0.6) is 0 Å². The molecule has 0 saturated heterocycles. The zero-order valence-corrected chi connectivity index (χ0v) is 7.46. The van der Waals surface area contributed by atoms with Gasteiger partial charge in [0.1, 0.15) is 0 Å². The minimum absolute atomic E-state index is 0.0550. The molecule has 5 nitrogen and oxygen atoms in total. The number of carbonyl (C=O) groups is 2. The van der Waals surface area contributed by atoms with Gasteiger partial charge < -0.3 is 15.4 Å². The van der Waals surface area contributed by atoms with Gasteiger partial charge in [0.05, 0.1) is 11.1 Å². The lowest BCUT2D eigenvalue weighted by Crippen LogP contribution is -2.24. The number of amides is 1. The fourth-order valence-electron chi connectivity index (χ4n) is 1.65. The Morgan fingerprint density at radius 1 is 1.50 bits per heavy atom. The first-order chi connectivity index (χ1) is 6.70. The number of aryl methyl sites for hydroxylation is 1. The van der Waals surface area contributed by atoms with Crippen LogP contribution in [0.25, 0.3) is 0 Å². The third kappa shape index (κ3) is 1.26. The van der Waals surface area contributed by atoms with Gasteiger partial charge in [-0.3, -0.25) is 4.79 Å². The van der Waals surface area contributed by atoms with E-state index in [0.717, 1.165) is 12.1 Å². The van der Waals surface area contributed by atoms with Crippen molar-refractivity contribution < 1.29 is 14.7 Å². The first kappa shape index (κ1) is 8.80. The van der Waals surface area contributed by atoms with Crippen LogP contribution in [-0.4, -0.2) is 28.5 Å². The van der Waals surface area contributed by atoms with E-state index in [1.54, 1.807) is 0 Å². The minimum Gasteiger partial charge on any atom is -0.478 e. The van der Waals surface area contributed by atoms with Gasteiger partial charge in [0.2, 0.25) is 0 Å². The Kier molecular flexibility index (Phi) is 1.99. The molecule has 0 fully saturated rings. The number of H-pyrrole nitrogens is 1. The quantitative estimate of drug-likeness (QED) is 0.604. The third-order valence-electron chi connectivity index (χ3n) is 2.31. The summed E-state index contributed by atoms with van der Waals surface area (Å²) in [5.74, 6) is -1.37. The van der Waals surface area contributed by atoms with Gasteiger partial charge >= 0.3 is 5.97 Å². The largest absolute Gasteiger partial charge is 0.478 e. The summed E-state index contributed by atoms with van der Waals surface area (Å²) >= 11 is 0. The summed E-state index contributed by atoms with van der Waals surface area (Å²) in [4.78, 5) is 25.1. The molecular weight excluding hydrogens is 184 g/mol. The second-order valence-corrected chi connectivity index (χ2v) is 3.22. The first-order valence-corrected chi connectivity index (χ1v) is 4.42. The molecule has 5 heteroatoms. The third-order valence-corrected chi connectivity index (χ3v) is 2.31. The van der Waals surface area contributed by atoms with Crippen molar-refractivity contribution in [1.82, 2.24) is 10.3 Å². The van der Waals surface area contributed by atoms with E-state index in [1.165, 1.54) is 6.20 Å². The zero-order valence-electron chi connectivity index (χ0n) is 7.46. The highest BCUT2D eigenvalue weighted by atomic mass is 16.4. The predicted octanol–water partition coefficient (Wildman–Crippen LogP) is 0.389. The Labute approximate surface area is 80.1 Å². The molecule has 3 N–H and O–H groups in total. The number of hydrogen-bond donors (Lipinski definition) is 3. The Hall–Kier alpha value is -1.78. The summed E-state index contributed by atoms with van der Waals surface area (Å²) in [6.07, 6.45) is 2.91. The highest BCUT2D eigenvalue weighted by molar-refractivity contribution is 6.06. The van der Waals surface area contributed by atoms with Crippen molar-refractivity contribution in [2.75, 3.05) is 6.54 Å². The van der Waals surface area contributed by atoms with Gasteiger partial charge in [-0.1, -0.05) is 0 Å². The van der Waals surface area contributed by atoms with Crippen molar-refractivity contribution in [2.24, 2.45) is 0 Å². The predicted molar refractivity (Wildman–Crippen MR) is 48.4 cm³/mol. The number of carbonyl (C=O) groups excluding carboxylic acids is 1. The molecule has 1 aromatic rings. The van der Waals surface area contributed by atoms with Crippen molar-refractivity contribution in [2.45, 2.75) is 12.8 Å². The normalized spacial score (nSPS) is 15.6. The molecule has 0 aliphatic carbocycles. The molecule has 2 heterocycles. The summed E-state index contributed by atoms with van der Waals surface area (Å²) in [7, 11) is 0. The van der Waals surface area contributed by atoms with Gasteiger partial charge in [-0.15, -0.1) is 0 Å². The van der Waals surface area contributed by atoms with E-state index in [0.29, 0.717) is 13.0 Å². The average molecular weight is 194 g/mol. The molecule has 0 atom stereocenters. The maximum Gasteiger partial charge on any atom is 0.338 e. The van der Waals surface area contributed by atoms with Crippen LogP contribution in [0.15, 0.2) is 6.20 Å². The highest BCUT2D eigenvalue weighted by Gasteiger charge is 2.23. The summed E-state index contributed by atoms with van der Waals surface area (Å²) in [6, 6.07) is 0. The SMILES string of the molecule is O=C(O)c1c[nH]c2c1C(=O)NCCC2. The number of aromatic amines is 1. The number of carboxylic acid groups (broad SMARTS) is 1. The van der Waals surface area contributed by atoms with Gasteiger partial charge in [-0.25, -0.2) is 4.79 Å². The maximum atomic E-state index is 11.5. The molecule has 1 aliphatic heterocycles. The summed E-state index contributed by atoms with van der Waals surface area (Å²) in [5, 5.41) is 11.5. The van der Waals surface area contributed by atoms with E-state index in [4.69, 9.17) is 5.11 Å². The van der Waals surface area contributed by atoms with Crippen LogP contribution < -0.4 is 5.32 Å². The van der Waals surface area contributed by atoms with Crippen LogP contribution in [0.4, 0.5) is 0 Å². The second-order valence-electron chi connectivity index (χ2n) is 3.22. The van der Waals surface area contributed by atoms with Crippen molar-refractivity contribution in [1.29, 1.82) is 0 Å². The summed E-state index contributed by atoms with van der Waals surface area (Å²) < 4.78 is 0. The van der Waals surface area contributed by atoms with E-state index in [-0.39, 0.29) is 17.0 Å². The van der Waals surface area contributed by atoms with Gasteiger partial charge in [0, 0.05) is 18.4 Å².